The molecule has 1 unspecified atom stereocenters. The zero-order valence-electron chi connectivity index (χ0n) is 13.5. The van der Waals surface area contributed by atoms with Crippen LogP contribution in [0.25, 0.3) is 0 Å². The van der Waals surface area contributed by atoms with Gasteiger partial charge >= 0.3 is 0 Å². The van der Waals surface area contributed by atoms with Crippen LogP contribution < -0.4 is 10.2 Å². The molecule has 1 fully saturated rings. The van der Waals surface area contributed by atoms with E-state index in [1.54, 1.807) is 4.90 Å². The van der Waals surface area contributed by atoms with Crippen molar-refractivity contribution in [3.63, 3.8) is 0 Å². The average Bonchev–Trinajstić information content (AvgIpc) is 3.07. The molecule has 1 N–H and O–H groups in total. The van der Waals surface area contributed by atoms with E-state index >= 15 is 0 Å². The SMILES string of the molecule is CN(C(=O)CCN1C(=O)CCc2ccccc21)C1CCNC1.Cl. The first-order valence-electron chi connectivity index (χ1n) is 8.01. The Morgan fingerprint density at radius 3 is 2.87 bits per heavy atom. The number of likely N-dealkylation sites (N-methyl/N-ethyl adjacent to an activating group) is 1. The van der Waals surface area contributed by atoms with Crippen molar-refractivity contribution in [2.75, 3.05) is 31.6 Å². The third kappa shape index (κ3) is 3.85. The van der Waals surface area contributed by atoms with Gasteiger partial charge in [0.25, 0.3) is 0 Å². The van der Waals surface area contributed by atoms with Crippen LogP contribution in [0, 0.1) is 0 Å². The third-order valence-electron chi connectivity index (χ3n) is 4.72. The lowest BCUT2D eigenvalue weighted by Crippen LogP contribution is -2.42. The number of amides is 2. The van der Waals surface area contributed by atoms with Crippen molar-refractivity contribution in [2.24, 2.45) is 0 Å². The summed E-state index contributed by atoms with van der Waals surface area (Å²) >= 11 is 0. The van der Waals surface area contributed by atoms with Crippen molar-refractivity contribution in [1.82, 2.24) is 10.2 Å². The largest absolute Gasteiger partial charge is 0.341 e. The molecule has 0 saturated carbocycles. The van der Waals surface area contributed by atoms with Gasteiger partial charge in [0.15, 0.2) is 0 Å². The molecule has 0 aromatic heterocycles. The van der Waals surface area contributed by atoms with Gasteiger partial charge in [-0.05, 0) is 31.0 Å². The fourth-order valence-corrected chi connectivity index (χ4v) is 3.30. The van der Waals surface area contributed by atoms with E-state index in [1.807, 2.05) is 30.1 Å². The van der Waals surface area contributed by atoms with Crippen molar-refractivity contribution < 1.29 is 9.59 Å². The van der Waals surface area contributed by atoms with Gasteiger partial charge in [-0.15, -0.1) is 12.4 Å². The molecule has 2 aliphatic rings. The predicted molar refractivity (Wildman–Crippen MR) is 93.0 cm³/mol. The molecule has 0 spiro atoms. The highest BCUT2D eigenvalue weighted by atomic mass is 35.5. The van der Waals surface area contributed by atoms with Crippen molar-refractivity contribution in [2.45, 2.75) is 31.7 Å². The third-order valence-corrected chi connectivity index (χ3v) is 4.72. The summed E-state index contributed by atoms with van der Waals surface area (Å²) in [6, 6.07) is 8.27. The van der Waals surface area contributed by atoms with Gasteiger partial charge in [-0.1, -0.05) is 18.2 Å². The van der Waals surface area contributed by atoms with E-state index in [0.717, 1.165) is 31.6 Å². The van der Waals surface area contributed by atoms with Crippen LogP contribution in [-0.2, 0) is 16.0 Å². The molecule has 1 atom stereocenters. The van der Waals surface area contributed by atoms with Crippen LogP contribution >= 0.6 is 12.4 Å². The summed E-state index contributed by atoms with van der Waals surface area (Å²) < 4.78 is 0. The van der Waals surface area contributed by atoms with Gasteiger partial charge in [-0.2, -0.15) is 0 Å². The first-order valence-corrected chi connectivity index (χ1v) is 8.01. The Morgan fingerprint density at radius 2 is 2.13 bits per heavy atom. The van der Waals surface area contributed by atoms with E-state index in [-0.39, 0.29) is 30.3 Å². The Labute approximate surface area is 143 Å². The van der Waals surface area contributed by atoms with E-state index in [2.05, 4.69) is 11.4 Å². The second-order valence-electron chi connectivity index (χ2n) is 6.08. The lowest BCUT2D eigenvalue weighted by atomic mass is 10.0. The number of para-hydroxylation sites is 1. The Kier molecular flexibility index (Phi) is 6.02. The smallest absolute Gasteiger partial charge is 0.227 e. The Morgan fingerprint density at radius 1 is 1.35 bits per heavy atom. The number of hydrogen-bond acceptors (Lipinski definition) is 3. The van der Waals surface area contributed by atoms with Gasteiger partial charge in [0.2, 0.25) is 11.8 Å². The number of aryl methyl sites for hydroxylation is 1. The zero-order valence-corrected chi connectivity index (χ0v) is 14.3. The molecule has 23 heavy (non-hydrogen) atoms. The van der Waals surface area contributed by atoms with E-state index < -0.39 is 0 Å². The maximum Gasteiger partial charge on any atom is 0.227 e. The number of nitrogens with zero attached hydrogens (tertiary/aromatic N) is 2. The lowest BCUT2D eigenvalue weighted by molar-refractivity contribution is -0.131. The fraction of sp³-hybridized carbons (Fsp3) is 0.529. The summed E-state index contributed by atoms with van der Waals surface area (Å²) in [5.74, 6) is 0.237. The molecule has 1 aromatic rings. The minimum Gasteiger partial charge on any atom is -0.341 e. The van der Waals surface area contributed by atoms with Crippen LogP contribution in [0.15, 0.2) is 24.3 Å². The second kappa shape index (κ2) is 7.79. The maximum atomic E-state index is 12.4. The number of anilines is 1. The fourth-order valence-electron chi connectivity index (χ4n) is 3.30. The topological polar surface area (TPSA) is 52.7 Å². The number of fused-ring (bicyclic) bond motifs is 1. The summed E-state index contributed by atoms with van der Waals surface area (Å²) in [6.45, 7) is 2.31. The minimum atomic E-state index is 0. The van der Waals surface area contributed by atoms with Crippen molar-refractivity contribution >= 4 is 29.9 Å². The average molecular weight is 338 g/mol. The van der Waals surface area contributed by atoms with E-state index in [9.17, 15) is 9.59 Å². The van der Waals surface area contributed by atoms with Gasteiger partial charge in [0.1, 0.15) is 0 Å². The van der Waals surface area contributed by atoms with Crippen LogP contribution in [0.1, 0.15) is 24.8 Å². The number of nitrogens with one attached hydrogen (secondary N) is 1. The highest BCUT2D eigenvalue weighted by Gasteiger charge is 2.26. The van der Waals surface area contributed by atoms with Crippen LogP contribution in [0.4, 0.5) is 5.69 Å². The standard InChI is InChI=1S/C17H23N3O2.ClH/c1-19(14-8-10-18-12-14)16(21)9-11-20-15-5-3-2-4-13(15)6-7-17(20)22;/h2-5,14,18H,6-12H2,1H3;1H. The highest BCUT2D eigenvalue weighted by Crippen LogP contribution is 2.27. The summed E-state index contributed by atoms with van der Waals surface area (Å²) in [5, 5.41) is 3.28. The normalized spacial score (nSPS) is 20.0. The molecule has 2 heterocycles. The van der Waals surface area contributed by atoms with Gasteiger partial charge < -0.3 is 15.1 Å². The van der Waals surface area contributed by atoms with Crippen LogP contribution in [0.2, 0.25) is 0 Å². The number of rotatable bonds is 4. The molecule has 5 nitrogen and oxygen atoms in total. The van der Waals surface area contributed by atoms with Gasteiger partial charge in [-0.3, -0.25) is 9.59 Å². The van der Waals surface area contributed by atoms with Crippen LogP contribution in [0.3, 0.4) is 0 Å². The number of halogens is 1. The first kappa shape index (κ1) is 17.8. The van der Waals surface area contributed by atoms with E-state index in [4.69, 9.17) is 0 Å². The number of hydrogen-bond donors (Lipinski definition) is 1. The van der Waals surface area contributed by atoms with Gasteiger partial charge in [0, 0.05) is 44.7 Å². The molecule has 0 bridgehead atoms. The molecular weight excluding hydrogens is 314 g/mol. The Bertz CT molecular complexity index is 573. The van der Waals surface area contributed by atoms with Crippen molar-refractivity contribution in [3.05, 3.63) is 29.8 Å². The van der Waals surface area contributed by atoms with Gasteiger partial charge in [0.05, 0.1) is 0 Å². The predicted octanol–water partition coefficient (Wildman–Crippen LogP) is 1.60. The highest BCUT2D eigenvalue weighted by molar-refractivity contribution is 5.97. The zero-order chi connectivity index (χ0) is 15.5. The molecule has 1 aromatic carbocycles. The summed E-state index contributed by atoms with van der Waals surface area (Å²) in [4.78, 5) is 28.1. The minimum absolute atomic E-state index is 0. The van der Waals surface area contributed by atoms with Crippen molar-refractivity contribution in [1.29, 1.82) is 0 Å². The molecule has 1 saturated heterocycles. The summed E-state index contributed by atoms with van der Waals surface area (Å²) in [6.07, 6.45) is 2.72. The summed E-state index contributed by atoms with van der Waals surface area (Å²) in [7, 11) is 1.87. The second-order valence-corrected chi connectivity index (χ2v) is 6.08. The first-order chi connectivity index (χ1) is 10.7. The molecular formula is C17H24ClN3O2. The number of carbonyl (C=O) groups is 2. The maximum absolute atomic E-state index is 12.4. The summed E-state index contributed by atoms with van der Waals surface area (Å²) in [5.41, 5.74) is 2.17. The molecule has 3 rings (SSSR count). The molecule has 0 radical (unpaired) electrons. The van der Waals surface area contributed by atoms with Crippen LogP contribution in [-0.4, -0.2) is 49.4 Å². The van der Waals surface area contributed by atoms with E-state index in [0.29, 0.717) is 19.4 Å². The number of carbonyl (C=O) groups excluding carboxylic acids is 2. The molecule has 126 valence electrons. The number of benzene rings is 1. The van der Waals surface area contributed by atoms with E-state index in [1.165, 1.54) is 5.56 Å². The molecule has 0 aliphatic carbocycles. The Hall–Kier alpha value is -1.59. The molecule has 2 amide bonds. The van der Waals surface area contributed by atoms with Gasteiger partial charge in [-0.25, -0.2) is 0 Å². The molecule has 6 heteroatoms. The van der Waals surface area contributed by atoms with Crippen LogP contribution in [0.5, 0.6) is 0 Å². The molecule has 2 aliphatic heterocycles. The monoisotopic (exact) mass is 337 g/mol. The quantitative estimate of drug-likeness (QED) is 0.908. The lowest BCUT2D eigenvalue weighted by Gasteiger charge is -2.30. The van der Waals surface area contributed by atoms with Crippen molar-refractivity contribution in [3.8, 4) is 0 Å². The Balaban J connectivity index is 0.00000192.